The van der Waals surface area contributed by atoms with Crippen LogP contribution in [0.25, 0.3) is 0 Å². The Labute approximate surface area is 118 Å². The summed E-state index contributed by atoms with van der Waals surface area (Å²) in [4.78, 5) is 0.181. The molecule has 0 aromatic heterocycles. The Hall–Kier alpha value is -0.990. The topological polar surface area (TPSA) is 84.9 Å². The minimum atomic E-state index is -3.62. The van der Waals surface area contributed by atoms with Gasteiger partial charge in [-0.3, -0.25) is 0 Å². The van der Waals surface area contributed by atoms with Crippen molar-refractivity contribution in [3.8, 4) is 0 Å². The molecule has 1 aliphatic heterocycles. The Balaban J connectivity index is 2.09. The molecule has 0 saturated carbocycles. The Kier molecular flexibility index (Phi) is 5.11. The third-order valence-electron chi connectivity index (χ3n) is 3.11. The number of ether oxygens (including phenoxy) is 2. The van der Waals surface area contributed by atoms with E-state index in [1.54, 1.807) is 19.1 Å². The zero-order valence-corrected chi connectivity index (χ0v) is 12.1. The molecular formula is C13H19NO5S. The zero-order chi connectivity index (χ0) is 14.6. The van der Waals surface area contributed by atoms with Crippen LogP contribution in [0.3, 0.4) is 0 Å². The van der Waals surface area contributed by atoms with Gasteiger partial charge in [-0.15, -0.1) is 0 Å². The summed E-state index contributed by atoms with van der Waals surface area (Å²) in [5.74, 6) is 0. The molecule has 0 aliphatic carbocycles. The predicted molar refractivity (Wildman–Crippen MR) is 72.8 cm³/mol. The lowest BCUT2D eigenvalue weighted by atomic mass is 10.2. The number of sulfonamides is 1. The zero-order valence-electron chi connectivity index (χ0n) is 11.3. The van der Waals surface area contributed by atoms with Crippen molar-refractivity contribution >= 4 is 10.0 Å². The quantitative estimate of drug-likeness (QED) is 0.810. The first-order valence-corrected chi connectivity index (χ1v) is 7.90. The minimum absolute atomic E-state index is 0.172. The van der Waals surface area contributed by atoms with Crippen molar-refractivity contribution in [3.05, 3.63) is 29.3 Å². The van der Waals surface area contributed by atoms with Crippen LogP contribution in [-0.4, -0.2) is 46.0 Å². The predicted octanol–water partition coefficient (Wildman–Crippen LogP) is 0.181. The molecule has 1 aliphatic rings. The Bertz CT molecular complexity index is 552. The van der Waals surface area contributed by atoms with Gasteiger partial charge in [0.2, 0.25) is 10.0 Å². The maximum atomic E-state index is 12.3. The molecule has 112 valence electrons. The van der Waals surface area contributed by atoms with Gasteiger partial charge >= 0.3 is 0 Å². The number of hydrogen-bond donors (Lipinski definition) is 2. The van der Waals surface area contributed by atoms with Gasteiger partial charge in [0.25, 0.3) is 0 Å². The molecule has 0 amide bonds. The lowest BCUT2D eigenvalue weighted by Crippen LogP contribution is -2.39. The molecule has 0 spiro atoms. The van der Waals surface area contributed by atoms with E-state index in [0.717, 1.165) is 0 Å². The standard InChI is InChI=1S/C13H19NO5S/c1-10-2-3-11(8-15)6-13(10)20(16,17)14-7-12-9-18-4-5-19-12/h2-3,6,12,14-15H,4-5,7-9H2,1H3. The molecular weight excluding hydrogens is 282 g/mol. The highest BCUT2D eigenvalue weighted by molar-refractivity contribution is 7.89. The molecule has 7 heteroatoms. The lowest BCUT2D eigenvalue weighted by Gasteiger charge is -2.23. The number of aliphatic hydroxyl groups excluding tert-OH is 1. The number of aryl methyl sites for hydroxylation is 1. The number of nitrogens with one attached hydrogen (secondary N) is 1. The van der Waals surface area contributed by atoms with Gasteiger partial charge in [0.05, 0.1) is 37.4 Å². The molecule has 1 unspecified atom stereocenters. The highest BCUT2D eigenvalue weighted by Gasteiger charge is 2.21. The second-order valence-corrected chi connectivity index (χ2v) is 6.41. The van der Waals surface area contributed by atoms with Crippen molar-refractivity contribution in [2.24, 2.45) is 0 Å². The van der Waals surface area contributed by atoms with Crippen molar-refractivity contribution in [3.63, 3.8) is 0 Å². The van der Waals surface area contributed by atoms with E-state index in [0.29, 0.717) is 30.9 Å². The van der Waals surface area contributed by atoms with Gasteiger partial charge in [-0.2, -0.15) is 0 Å². The summed E-state index contributed by atoms with van der Waals surface area (Å²) in [5, 5.41) is 9.10. The molecule has 20 heavy (non-hydrogen) atoms. The van der Waals surface area contributed by atoms with Crippen molar-refractivity contribution in [1.29, 1.82) is 0 Å². The average molecular weight is 301 g/mol. The van der Waals surface area contributed by atoms with E-state index in [9.17, 15) is 8.42 Å². The Morgan fingerprint density at radius 3 is 2.85 bits per heavy atom. The first kappa shape index (κ1) is 15.4. The molecule has 1 atom stereocenters. The van der Waals surface area contributed by atoms with E-state index >= 15 is 0 Å². The first-order valence-electron chi connectivity index (χ1n) is 6.42. The maximum Gasteiger partial charge on any atom is 0.240 e. The summed E-state index contributed by atoms with van der Waals surface area (Å²) in [6, 6.07) is 4.86. The first-order chi connectivity index (χ1) is 9.53. The van der Waals surface area contributed by atoms with E-state index in [-0.39, 0.29) is 24.2 Å². The van der Waals surface area contributed by atoms with Crippen molar-refractivity contribution in [2.45, 2.75) is 24.5 Å². The fraction of sp³-hybridized carbons (Fsp3) is 0.538. The minimum Gasteiger partial charge on any atom is -0.392 e. The van der Waals surface area contributed by atoms with Crippen LogP contribution in [0.4, 0.5) is 0 Å². The smallest absolute Gasteiger partial charge is 0.240 e. The van der Waals surface area contributed by atoms with E-state index in [1.165, 1.54) is 6.07 Å². The molecule has 1 fully saturated rings. The molecule has 0 bridgehead atoms. The van der Waals surface area contributed by atoms with E-state index < -0.39 is 10.0 Å². The van der Waals surface area contributed by atoms with Crippen LogP contribution in [0.2, 0.25) is 0 Å². The largest absolute Gasteiger partial charge is 0.392 e. The van der Waals surface area contributed by atoms with Gasteiger partial charge in [-0.1, -0.05) is 12.1 Å². The van der Waals surface area contributed by atoms with E-state index in [4.69, 9.17) is 14.6 Å². The molecule has 1 aromatic carbocycles. The number of rotatable bonds is 5. The SMILES string of the molecule is Cc1ccc(CO)cc1S(=O)(=O)NCC1COCCO1. The third kappa shape index (κ3) is 3.77. The van der Waals surface area contributed by atoms with E-state index in [2.05, 4.69) is 4.72 Å². The normalized spacial score (nSPS) is 20.0. The van der Waals surface area contributed by atoms with Gasteiger partial charge in [0.1, 0.15) is 0 Å². The summed E-state index contributed by atoms with van der Waals surface area (Å²) >= 11 is 0. The fourth-order valence-corrected chi connectivity index (χ4v) is 3.33. The number of aliphatic hydroxyl groups is 1. The lowest BCUT2D eigenvalue weighted by molar-refractivity contribution is -0.0846. The molecule has 1 saturated heterocycles. The van der Waals surface area contributed by atoms with Gasteiger partial charge in [-0.25, -0.2) is 13.1 Å². The maximum absolute atomic E-state index is 12.3. The molecule has 1 aromatic rings. The molecule has 0 radical (unpaired) electrons. The molecule has 2 N–H and O–H groups in total. The summed E-state index contributed by atoms with van der Waals surface area (Å²) in [5.41, 5.74) is 1.20. The van der Waals surface area contributed by atoms with Crippen molar-refractivity contribution in [1.82, 2.24) is 4.72 Å². The highest BCUT2D eigenvalue weighted by atomic mass is 32.2. The fourth-order valence-electron chi connectivity index (χ4n) is 1.97. The van der Waals surface area contributed by atoms with Gasteiger partial charge < -0.3 is 14.6 Å². The summed E-state index contributed by atoms with van der Waals surface area (Å²) < 4.78 is 37.7. The Morgan fingerprint density at radius 1 is 1.40 bits per heavy atom. The summed E-state index contributed by atoms with van der Waals surface area (Å²) in [6.07, 6.45) is -0.264. The molecule has 2 rings (SSSR count). The van der Waals surface area contributed by atoms with Crippen molar-refractivity contribution in [2.75, 3.05) is 26.4 Å². The van der Waals surface area contributed by atoms with Crippen LogP contribution >= 0.6 is 0 Å². The third-order valence-corrected chi connectivity index (χ3v) is 4.68. The molecule has 6 nitrogen and oxygen atoms in total. The number of benzene rings is 1. The summed E-state index contributed by atoms with van der Waals surface area (Å²) in [6.45, 7) is 3.11. The highest BCUT2D eigenvalue weighted by Crippen LogP contribution is 2.17. The summed E-state index contributed by atoms with van der Waals surface area (Å²) in [7, 11) is -3.62. The van der Waals surface area contributed by atoms with Crippen LogP contribution in [0.1, 0.15) is 11.1 Å². The van der Waals surface area contributed by atoms with Crippen molar-refractivity contribution < 1.29 is 23.0 Å². The van der Waals surface area contributed by atoms with E-state index in [1.807, 2.05) is 0 Å². The van der Waals surface area contributed by atoms with Crippen LogP contribution < -0.4 is 4.72 Å². The van der Waals surface area contributed by atoms with Gasteiger partial charge in [0.15, 0.2) is 0 Å². The van der Waals surface area contributed by atoms with Gasteiger partial charge in [0, 0.05) is 6.54 Å². The monoisotopic (exact) mass is 301 g/mol. The van der Waals surface area contributed by atoms with Crippen LogP contribution in [0, 0.1) is 6.92 Å². The van der Waals surface area contributed by atoms with Crippen LogP contribution in [0.5, 0.6) is 0 Å². The Morgan fingerprint density at radius 2 is 2.20 bits per heavy atom. The van der Waals surface area contributed by atoms with Gasteiger partial charge in [-0.05, 0) is 24.1 Å². The second kappa shape index (κ2) is 6.64. The second-order valence-electron chi connectivity index (χ2n) is 4.68. The van der Waals surface area contributed by atoms with Crippen LogP contribution in [0.15, 0.2) is 23.1 Å². The molecule has 1 heterocycles. The average Bonchev–Trinajstić information content (AvgIpc) is 2.47. The van der Waals surface area contributed by atoms with Crippen LogP contribution in [-0.2, 0) is 26.1 Å². The number of hydrogen-bond acceptors (Lipinski definition) is 5.